The Morgan fingerprint density at radius 1 is 1.07 bits per heavy atom. The largest absolute Gasteiger partial charge is 0.301 e. The normalized spacial score (nSPS) is 12.4. The Kier molecular flexibility index (Phi) is 6.61. The fourth-order valence-electron chi connectivity index (χ4n) is 2.41. The summed E-state index contributed by atoms with van der Waals surface area (Å²) < 4.78 is 27.5. The maximum Gasteiger partial charge on any atom is 0.261 e. The molecule has 0 saturated carbocycles. The average Bonchev–Trinajstić information content (AvgIpc) is 3.08. The lowest BCUT2D eigenvalue weighted by molar-refractivity contribution is -0.115. The van der Waals surface area contributed by atoms with Gasteiger partial charge in [0, 0.05) is 16.0 Å². The van der Waals surface area contributed by atoms with Crippen molar-refractivity contribution in [2.45, 2.75) is 35.8 Å². The number of sulfonamides is 1. The van der Waals surface area contributed by atoms with Gasteiger partial charge in [-0.1, -0.05) is 17.7 Å². The van der Waals surface area contributed by atoms with E-state index in [1.165, 1.54) is 23.1 Å². The van der Waals surface area contributed by atoms with Crippen LogP contribution in [0, 0.1) is 13.8 Å². The summed E-state index contributed by atoms with van der Waals surface area (Å²) in [7, 11) is -3.64. The molecule has 2 N–H and O–H groups in total. The lowest BCUT2D eigenvalue weighted by Gasteiger charge is -2.12. The highest BCUT2D eigenvalue weighted by Crippen LogP contribution is 2.27. The highest BCUT2D eigenvalue weighted by atomic mass is 32.2. The fraction of sp³-hybridized carbons (Fsp3) is 0.200. The molecule has 29 heavy (non-hydrogen) atoms. The minimum atomic E-state index is -3.64. The van der Waals surface area contributed by atoms with Crippen molar-refractivity contribution in [1.82, 2.24) is 4.98 Å². The first-order valence-corrected chi connectivity index (χ1v) is 12.1. The molecule has 1 unspecified atom stereocenters. The number of nitrogens with one attached hydrogen (secondary N) is 2. The van der Waals surface area contributed by atoms with Crippen molar-refractivity contribution in [3.05, 3.63) is 65.2 Å². The number of aromatic nitrogens is 1. The molecule has 9 heteroatoms. The summed E-state index contributed by atoms with van der Waals surface area (Å²) in [6.45, 7) is 5.59. The highest BCUT2D eigenvalue weighted by Gasteiger charge is 2.17. The van der Waals surface area contributed by atoms with Gasteiger partial charge in [0.25, 0.3) is 10.0 Å². The Balaban J connectivity index is 1.60. The monoisotopic (exact) mass is 447 g/mol. The van der Waals surface area contributed by atoms with E-state index in [-0.39, 0.29) is 16.1 Å². The molecule has 3 aromatic rings. The molecule has 2 aromatic carbocycles. The van der Waals surface area contributed by atoms with Gasteiger partial charge in [0.15, 0.2) is 5.13 Å². The minimum absolute atomic E-state index is 0.131. The van der Waals surface area contributed by atoms with Crippen molar-refractivity contribution in [1.29, 1.82) is 0 Å². The van der Waals surface area contributed by atoms with Gasteiger partial charge in [0.05, 0.1) is 15.8 Å². The van der Waals surface area contributed by atoms with Gasteiger partial charge in [-0.2, -0.15) is 0 Å². The number of anilines is 2. The smallest absolute Gasteiger partial charge is 0.261 e. The maximum absolute atomic E-state index is 12.5. The number of thioether (sulfide) groups is 1. The van der Waals surface area contributed by atoms with Crippen LogP contribution >= 0.6 is 23.1 Å². The fourth-order valence-corrected chi connectivity index (χ4v) is 5.03. The van der Waals surface area contributed by atoms with Crippen LogP contribution in [0.25, 0.3) is 0 Å². The Labute approximate surface area is 178 Å². The Bertz CT molecular complexity index is 1090. The summed E-state index contributed by atoms with van der Waals surface area (Å²) in [5.74, 6) is -0.131. The summed E-state index contributed by atoms with van der Waals surface area (Å²) >= 11 is 2.78. The number of nitrogens with zero attached hydrogens (tertiary/aromatic N) is 1. The molecule has 152 valence electrons. The predicted molar refractivity (Wildman–Crippen MR) is 119 cm³/mol. The number of benzene rings is 2. The zero-order chi connectivity index (χ0) is 21.0. The van der Waals surface area contributed by atoms with Crippen molar-refractivity contribution in [3.63, 3.8) is 0 Å². The van der Waals surface area contributed by atoms with E-state index in [9.17, 15) is 13.2 Å². The van der Waals surface area contributed by atoms with Crippen molar-refractivity contribution in [2.24, 2.45) is 0 Å². The third kappa shape index (κ3) is 5.81. The molecule has 1 aromatic heterocycles. The molecule has 1 heterocycles. The molecule has 0 bridgehead atoms. The first kappa shape index (κ1) is 21.4. The van der Waals surface area contributed by atoms with Gasteiger partial charge in [0.1, 0.15) is 0 Å². The second kappa shape index (κ2) is 8.98. The van der Waals surface area contributed by atoms with Gasteiger partial charge in [0.2, 0.25) is 5.91 Å². The van der Waals surface area contributed by atoms with E-state index in [0.717, 1.165) is 16.2 Å². The van der Waals surface area contributed by atoms with Crippen LogP contribution in [0.15, 0.2) is 63.7 Å². The standard InChI is InChI=1S/C20H21N3O3S3/c1-13-4-10-18(11-5-13)29(25,26)23-16-6-8-17(9-7-16)28-15(3)19(24)22-20-21-14(2)12-27-20/h4-12,15,23H,1-3H3,(H,21,22,24). The summed E-state index contributed by atoms with van der Waals surface area (Å²) in [6, 6.07) is 13.6. The molecule has 0 fully saturated rings. The van der Waals surface area contributed by atoms with Gasteiger partial charge in [-0.15, -0.1) is 23.1 Å². The van der Waals surface area contributed by atoms with Crippen LogP contribution in [0.2, 0.25) is 0 Å². The van der Waals surface area contributed by atoms with Gasteiger partial charge in [-0.05, 0) is 57.2 Å². The summed E-state index contributed by atoms with van der Waals surface area (Å²) in [5, 5.41) is 4.94. The molecule has 0 aliphatic heterocycles. The third-order valence-electron chi connectivity index (χ3n) is 3.97. The second-order valence-electron chi connectivity index (χ2n) is 6.49. The van der Waals surface area contributed by atoms with Crippen molar-refractivity contribution >= 4 is 49.8 Å². The number of carbonyl (C=O) groups excluding carboxylic acids is 1. The van der Waals surface area contributed by atoms with E-state index < -0.39 is 10.0 Å². The van der Waals surface area contributed by atoms with Crippen LogP contribution in [0.4, 0.5) is 10.8 Å². The average molecular weight is 448 g/mol. The van der Waals surface area contributed by atoms with Gasteiger partial charge >= 0.3 is 0 Å². The van der Waals surface area contributed by atoms with Crippen LogP contribution in [0.3, 0.4) is 0 Å². The lowest BCUT2D eigenvalue weighted by Crippen LogP contribution is -2.22. The van der Waals surface area contributed by atoms with Gasteiger partial charge in [-0.3, -0.25) is 9.52 Å². The number of amides is 1. The Hall–Kier alpha value is -2.36. The van der Waals surface area contributed by atoms with E-state index in [1.807, 2.05) is 26.2 Å². The van der Waals surface area contributed by atoms with Crippen LogP contribution in [-0.4, -0.2) is 24.6 Å². The molecule has 0 aliphatic rings. The highest BCUT2D eigenvalue weighted by molar-refractivity contribution is 8.00. The second-order valence-corrected chi connectivity index (χ2v) is 10.4. The number of rotatable bonds is 7. The quantitative estimate of drug-likeness (QED) is 0.514. The Morgan fingerprint density at radius 3 is 2.31 bits per heavy atom. The number of hydrogen-bond acceptors (Lipinski definition) is 6. The van der Waals surface area contributed by atoms with Crippen molar-refractivity contribution < 1.29 is 13.2 Å². The van der Waals surface area contributed by atoms with E-state index in [2.05, 4.69) is 15.0 Å². The molecule has 3 rings (SSSR count). The van der Waals surface area contributed by atoms with E-state index in [1.54, 1.807) is 48.5 Å². The van der Waals surface area contributed by atoms with Crippen molar-refractivity contribution in [2.75, 3.05) is 10.0 Å². The van der Waals surface area contributed by atoms with Crippen molar-refractivity contribution in [3.8, 4) is 0 Å². The van der Waals surface area contributed by atoms with E-state index >= 15 is 0 Å². The van der Waals surface area contributed by atoms with Gasteiger partial charge in [-0.25, -0.2) is 13.4 Å². The molecule has 0 spiro atoms. The molecule has 0 saturated heterocycles. The van der Waals surface area contributed by atoms with Gasteiger partial charge < -0.3 is 5.32 Å². The van der Waals surface area contributed by atoms with E-state index in [0.29, 0.717) is 10.8 Å². The lowest BCUT2D eigenvalue weighted by atomic mass is 10.2. The summed E-state index contributed by atoms with van der Waals surface area (Å²) in [4.78, 5) is 17.6. The Morgan fingerprint density at radius 2 is 1.72 bits per heavy atom. The summed E-state index contributed by atoms with van der Waals surface area (Å²) in [6.07, 6.45) is 0. The molecule has 1 amide bonds. The number of aryl methyl sites for hydroxylation is 2. The van der Waals surface area contributed by atoms with Crippen LogP contribution < -0.4 is 10.0 Å². The molecular weight excluding hydrogens is 426 g/mol. The molecule has 0 aliphatic carbocycles. The molecule has 1 atom stereocenters. The van der Waals surface area contributed by atoms with Crippen LogP contribution in [0.5, 0.6) is 0 Å². The zero-order valence-electron chi connectivity index (χ0n) is 16.2. The third-order valence-corrected chi connectivity index (χ3v) is 7.35. The number of hydrogen-bond donors (Lipinski definition) is 2. The minimum Gasteiger partial charge on any atom is -0.301 e. The van der Waals surface area contributed by atoms with Crippen LogP contribution in [-0.2, 0) is 14.8 Å². The topological polar surface area (TPSA) is 88.2 Å². The first-order chi connectivity index (χ1) is 13.7. The van der Waals surface area contributed by atoms with E-state index in [4.69, 9.17) is 0 Å². The summed E-state index contributed by atoms with van der Waals surface area (Å²) in [5.41, 5.74) is 2.33. The van der Waals surface area contributed by atoms with Crippen LogP contribution in [0.1, 0.15) is 18.2 Å². The SMILES string of the molecule is Cc1ccc(S(=O)(=O)Nc2ccc(SC(C)C(=O)Nc3nc(C)cs3)cc2)cc1. The predicted octanol–water partition coefficient (Wildman–Crippen LogP) is 4.68. The number of thiazole rings is 1. The number of carbonyl (C=O) groups is 1. The zero-order valence-corrected chi connectivity index (χ0v) is 18.6. The first-order valence-electron chi connectivity index (χ1n) is 8.82. The molecule has 0 radical (unpaired) electrons. The maximum atomic E-state index is 12.5. The molecule has 6 nitrogen and oxygen atoms in total. The molecular formula is C20H21N3O3S3.